The quantitative estimate of drug-likeness (QED) is 0.719. The zero-order valence-electron chi connectivity index (χ0n) is 14.7. The Morgan fingerprint density at radius 1 is 1.36 bits per heavy atom. The summed E-state index contributed by atoms with van der Waals surface area (Å²) in [6, 6.07) is 0. The third kappa shape index (κ3) is 2.93. The Labute approximate surface area is 151 Å². The van der Waals surface area contributed by atoms with Crippen LogP contribution in [-0.4, -0.2) is 26.6 Å². The fraction of sp³-hybridized carbons (Fsp3) is 0.278. The maximum absolute atomic E-state index is 6.31. The molecule has 6 nitrogen and oxygen atoms in total. The van der Waals surface area contributed by atoms with Gasteiger partial charge >= 0.3 is 0 Å². The predicted molar refractivity (Wildman–Crippen MR) is 101 cm³/mol. The lowest BCUT2D eigenvalue weighted by Gasteiger charge is -2.13. The molecule has 0 aliphatic carbocycles. The molecule has 0 radical (unpaired) electrons. The van der Waals surface area contributed by atoms with E-state index in [9.17, 15) is 0 Å². The van der Waals surface area contributed by atoms with Crippen molar-refractivity contribution >= 4 is 34.2 Å². The summed E-state index contributed by atoms with van der Waals surface area (Å²) >= 11 is 6.31. The van der Waals surface area contributed by atoms with Gasteiger partial charge in [0.2, 0.25) is 5.95 Å². The highest BCUT2D eigenvalue weighted by molar-refractivity contribution is 6.34. The van der Waals surface area contributed by atoms with E-state index in [-0.39, 0.29) is 5.95 Å². The molecule has 0 amide bonds. The lowest BCUT2D eigenvalue weighted by Crippen LogP contribution is -2.07. The van der Waals surface area contributed by atoms with Crippen LogP contribution in [0.15, 0.2) is 19.0 Å². The van der Waals surface area contributed by atoms with Crippen LogP contribution in [0.5, 0.6) is 5.75 Å². The standard InChI is InChI=1S/C18H20ClN5O/c1-9(2)12-7-24(17-14(12)16(19)22-18(20)23-17)8-13-11(4)15(25-5)10(3)6-21-13/h6-7H,1,8H2,2-5H3,(H2,20,22,23). The molecule has 7 heteroatoms. The van der Waals surface area contributed by atoms with E-state index < -0.39 is 0 Å². The van der Waals surface area contributed by atoms with Crippen molar-refractivity contribution in [3.63, 3.8) is 0 Å². The Hall–Kier alpha value is -2.60. The van der Waals surface area contributed by atoms with Crippen LogP contribution in [0, 0.1) is 13.8 Å². The number of anilines is 1. The van der Waals surface area contributed by atoms with E-state index in [0.717, 1.165) is 39.1 Å². The average Bonchev–Trinajstić information content (AvgIpc) is 2.90. The molecule has 0 aromatic carbocycles. The van der Waals surface area contributed by atoms with Gasteiger partial charge < -0.3 is 15.0 Å². The number of halogens is 1. The third-order valence-electron chi connectivity index (χ3n) is 4.22. The van der Waals surface area contributed by atoms with Crippen molar-refractivity contribution in [1.82, 2.24) is 19.5 Å². The summed E-state index contributed by atoms with van der Waals surface area (Å²) in [4.78, 5) is 13.0. The number of nitrogen functional groups attached to an aromatic ring is 1. The van der Waals surface area contributed by atoms with Crippen LogP contribution in [-0.2, 0) is 6.54 Å². The normalized spacial score (nSPS) is 11.1. The molecule has 3 aromatic heterocycles. The Morgan fingerprint density at radius 3 is 2.72 bits per heavy atom. The largest absolute Gasteiger partial charge is 0.496 e. The topological polar surface area (TPSA) is 78.8 Å². The van der Waals surface area contributed by atoms with Crippen molar-refractivity contribution in [3.05, 3.63) is 46.5 Å². The minimum Gasteiger partial charge on any atom is -0.496 e. The first-order valence-corrected chi connectivity index (χ1v) is 8.18. The molecule has 0 unspecified atom stereocenters. The van der Waals surface area contributed by atoms with Crippen LogP contribution < -0.4 is 10.5 Å². The second kappa shape index (κ2) is 6.37. The molecule has 3 heterocycles. The highest BCUT2D eigenvalue weighted by Crippen LogP contribution is 2.32. The number of allylic oxidation sites excluding steroid dienone is 1. The first-order valence-electron chi connectivity index (χ1n) is 7.80. The summed E-state index contributed by atoms with van der Waals surface area (Å²) in [6.45, 7) is 10.4. The molecule has 0 spiro atoms. The highest BCUT2D eigenvalue weighted by Gasteiger charge is 2.18. The van der Waals surface area contributed by atoms with Crippen molar-refractivity contribution < 1.29 is 4.74 Å². The van der Waals surface area contributed by atoms with Gasteiger partial charge in [-0.3, -0.25) is 4.98 Å². The van der Waals surface area contributed by atoms with Gasteiger partial charge in [-0.05, 0) is 26.3 Å². The summed E-state index contributed by atoms with van der Waals surface area (Å²) in [5.41, 5.74) is 11.1. The summed E-state index contributed by atoms with van der Waals surface area (Å²) in [5.74, 6) is 0.977. The fourth-order valence-corrected chi connectivity index (χ4v) is 3.27. The van der Waals surface area contributed by atoms with Gasteiger partial charge in [-0.1, -0.05) is 18.2 Å². The molecule has 0 aliphatic rings. The number of nitrogens with zero attached hydrogens (tertiary/aromatic N) is 4. The monoisotopic (exact) mass is 357 g/mol. The third-order valence-corrected chi connectivity index (χ3v) is 4.49. The number of pyridine rings is 1. The first-order chi connectivity index (χ1) is 11.8. The van der Waals surface area contributed by atoms with E-state index in [1.807, 2.05) is 37.7 Å². The molecular weight excluding hydrogens is 338 g/mol. The van der Waals surface area contributed by atoms with Gasteiger partial charge in [-0.25, -0.2) is 4.98 Å². The average molecular weight is 358 g/mol. The van der Waals surface area contributed by atoms with Gasteiger partial charge in [0.05, 0.1) is 24.7 Å². The van der Waals surface area contributed by atoms with E-state index >= 15 is 0 Å². The summed E-state index contributed by atoms with van der Waals surface area (Å²) in [7, 11) is 1.66. The molecule has 0 saturated carbocycles. The molecule has 0 atom stereocenters. The molecule has 0 aliphatic heterocycles. The van der Waals surface area contributed by atoms with E-state index in [4.69, 9.17) is 22.1 Å². The minimum absolute atomic E-state index is 0.135. The fourth-order valence-electron chi connectivity index (χ4n) is 3.00. The summed E-state index contributed by atoms with van der Waals surface area (Å²) in [6.07, 6.45) is 3.77. The summed E-state index contributed by atoms with van der Waals surface area (Å²) in [5, 5.41) is 1.07. The van der Waals surface area contributed by atoms with Crippen molar-refractivity contribution in [3.8, 4) is 5.75 Å². The lowest BCUT2D eigenvalue weighted by molar-refractivity contribution is 0.406. The maximum Gasteiger partial charge on any atom is 0.223 e. The van der Waals surface area contributed by atoms with Crippen LogP contribution >= 0.6 is 11.6 Å². The maximum atomic E-state index is 6.31. The van der Waals surface area contributed by atoms with E-state index in [1.54, 1.807) is 7.11 Å². The second-order valence-corrected chi connectivity index (χ2v) is 6.43. The van der Waals surface area contributed by atoms with Crippen LogP contribution in [0.4, 0.5) is 5.95 Å². The Morgan fingerprint density at radius 2 is 2.08 bits per heavy atom. The van der Waals surface area contributed by atoms with Gasteiger partial charge in [-0.15, -0.1) is 0 Å². The van der Waals surface area contributed by atoms with Gasteiger partial charge in [0, 0.05) is 29.1 Å². The van der Waals surface area contributed by atoms with E-state index in [1.165, 1.54) is 0 Å². The second-order valence-electron chi connectivity index (χ2n) is 6.07. The van der Waals surface area contributed by atoms with Crippen LogP contribution in [0.2, 0.25) is 5.15 Å². The molecule has 3 aromatic rings. The SMILES string of the molecule is C=C(C)c1cn(Cc2ncc(C)c(OC)c2C)c2nc(N)nc(Cl)c12. The predicted octanol–water partition coefficient (Wildman–Crippen LogP) is 3.77. The number of ether oxygens (including phenoxy) is 1. The van der Waals surface area contributed by atoms with E-state index in [2.05, 4.69) is 21.5 Å². The molecule has 0 fully saturated rings. The number of aromatic nitrogens is 4. The molecule has 2 N–H and O–H groups in total. The number of hydrogen-bond acceptors (Lipinski definition) is 5. The molecule has 25 heavy (non-hydrogen) atoms. The summed E-state index contributed by atoms with van der Waals surface area (Å²) < 4.78 is 7.46. The van der Waals surface area contributed by atoms with Crippen molar-refractivity contribution in [2.24, 2.45) is 0 Å². The van der Waals surface area contributed by atoms with Crippen LogP contribution in [0.25, 0.3) is 16.6 Å². The smallest absolute Gasteiger partial charge is 0.223 e. The number of methoxy groups -OCH3 is 1. The molecule has 0 saturated heterocycles. The minimum atomic E-state index is 0.135. The number of hydrogen-bond donors (Lipinski definition) is 1. The van der Waals surface area contributed by atoms with Gasteiger partial charge in [0.15, 0.2) is 0 Å². The number of aryl methyl sites for hydroxylation is 1. The van der Waals surface area contributed by atoms with Crippen LogP contribution in [0.3, 0.4) is 0 Å². The number of fused-ring (bicyclic) bond motifs is 1. The van der Waals surface area contributed by atoms with Crippen molar-refractivity contribution in [1.29, 1.82) is 0 Å². The number of nitrogens with two attached hydrogens (primary N) is 1. The lowest BCUT2D eigenvalue weighted by atomic mass is 10.1. The Bertz CT molecular complexity index is 993. The highest BCUT2D eigenvalue weighted by atomic mass is 35.5. The van der Waals surface area contributed by atoms with Gasteiger partial charge in [-0.2, -0.15) is 4.98 Å². The number of rotatable bonds is 4. The van der Waals surface area contributed by atoms with E-state index in [0.29, 0.717) is 17.3 Å². The first kappa shape index (κ1) is 17.2. The molecule has 0 bridgehead atoms. The van der Waals surface area contributed by atoms with Gasteiger partial charge in [0.1, 0.15) is 16.5 Å². The van der Waals surface area contributed by atoms with Gasteiger partial charge in [0.25, 0.3) is 0 Å². The van der Waals surface area contributed by atoms with Crippen LogP contribution in [0.1, 0.15) is 29.3 Å². The molecule has 3 rings (SSSR count). The Balaban J connectivity index is 2.19. The molecule has 130 valence electrons. The molecular formula is C18H20ClN5O. The zero-order valence-corrected chi connectivity index (χ0v) is 15.5. The van der Waals surface area contributed by atoms with Crippen molar-refractivity contribution in [2.75, 3.05) is 12.8 Å². The van der Waals surface area contributed by atoms with Crippen molar-refractivity contribution in [2.45, 2.75) is 27.3 Å². The Kier molecular flexibility index (Phi) is 4.39. The zero-order chi connectivity index (χ0) is 18.3.